The van der Waals surface area contributed by atoms with E-state index >= 15 is 0 Å². The molecule has 0 spiro atoms. The molecule has 0 atom stereocenters. The van der Waals surface area contributed by atoms with Gasteiger partial charge in [-0.2, -0.15) is 18.2 Å². The van der Waals surface area contributed by atoms with E-state index < -0.39 is 12.1 Å². The Kier molecular flexibility index (Phi) is 4.94. The molecule has 3 aromatic rings. The summed E-state index contributed by atoms with van der Waals surface area (Å²) in [6.45, 7) is 5.06. The van der Waals surface area contributed by atoms with E-state index in [1.807, 2.05) is 32.0 Å². The van der Waals surface area contributed by atoms with Gasteiger partial charge in [-0.05, 0) is 48.6 Å². The van der Waals surface area contributed by atoms with Crippen LogP contribution in [0.1, 0.15) is 33.0 Å². The molecule has 0 unspecified atom stereocenters. The molecule has 0 bridgehead atoms. The van der Waals surface area contributed by atoms with Gasteiger partial charge >= 0.3 is 12.1 Å². The molecular formula is C20H18F3N3O2S. The summed E-state index contributed by atoms with van der Waals surface area (Å²) in [6.07, 6.45) is -3.68. The van der Waals surface area contributed by atoms with E-state index in [4.69, 9.17) is 0 Å². The second kappa shape index (κ2) is 7.29. The minimum Gasteiger partial charge on any atom is -0.338 e. The molecule has 29 heavy (non-hydrogen) atoms. The van der Waals surface area contributed by atoms with Crippen LogP contribution >= 0.6 is 11.3 Å². The first-order valence-corrected chi connectivity index (χ1v) is 9.89. The Morgan fingerprint density at radius 3 is 2.72 bits per heavy atom. The Morgan fingerprint density at radius 2 is 2.03 bits per heavy atom. The minimum atomic E-state index is -4.67. The zero-order valence-electron chi connectivity index (χ0n) is 15.8. The van der Waals surface area contributed by atoms with E-state index in [0.29, 0.717) is 30.8 Å². The number of fused-ring (bicyclic) bond motifs is 1. The van der Waals surface area contributed by atoms with Crippen molar-refractivity contribution in [2.45, 2.75) is 39.4 Å². The molecule has 9 heteroatoms. The van der Waals surface area contributed by atoms with Crippen LogP contribution in [0.2, 0.25) is 0 Å². The van der Waals surface area contributed by atoms with Crippen LogP contribution in [-0.2, 0) is 30.4 Å². The van der Waals surface area contributed by atoms with Gasteiger partial charge in [-0.1, -0.05) is 23.4 Å². The van der Waals surface area contributed by atoms with E-state index in [9.17, 15) is 18.0 Å². The van der Waals surface area contributed by atoms with Crippen LogP contribution in [0.3, 0.4) is 0 Å². The van der Waals surface area contributed by atoms with Gasteiger partial charge in [0.15, 0.2) is 0 Å². The van der Waals surface area contributed by atoms with Gasteiger partial charge in [-0.15, -0.1) is 11.3 Å². The number of alkyl halides is 3. The molecule has 0 saturated carbocycles. The molecule has 4 rings (SSSR count). The number of halogens is 3. The number of hydrogen-bond donors (Lipinski definition) is 0. The van der Waals surface area contributed by atoms with Gasteiger partial charge in [-0.25, -0.2) is 0 Å². The number of hydrogen-bond acceptors (Lipinski definition) is 5. The summed E-state index contributed by atoms with van der Waals surface area (Å²) in [5.41, 5.74) is 4.23. The van der Waals surface area contributed by atoms with E-state index in [1.54, 1.807) is 11.0 Å². The number of thiophene rings is 1. The van der Waals surface area contributed by atoms with Crippen molar-refractivity contribution in [3.63, 3.8) is 0 Å². The number of rotatable bonds is 3. The Bertz CT molecular complexity index is 1070. The molecule has 1 aliphatic heterocycles. The number of carbonyl (C=O) groups excluding carboxylic acids is 1. The van der Waals surface area contributed by atoms with Crippen LogP contribution in [0.15, 0.2) is 28.8 Å². The van der Waals surface area contributed by atoms with E-state index in [0.717, 1.165) is 21.6 Å². The molecule has 0 N–H and O–H groups in total. The molecule has 1 aliphatic rings. The van der Waals surface area contributed by atoms with Gasteiger partial charge in [0.2, 0.25) is 11.7 Å². The van der Waals surface area contributed by atoms with Gasteiger partial charge in [-0.3, -0.25) is 4.79 Å². The fourth-order valence-electron chi connectivity index (χ4n) is 3.29. The lowest BCUT2D eigenvalue weighted by atomic mass is 10.0. The Morgan fingerprint density at radius 1 is 1.24 bits per heavy atom. The fraction of sp³-hybridized carbons (Fsp3) is 0.350. The lowest BCUT2D eigenvalue weighted by Crippen LogP contribution is -2.36. The molecule has 3 heterocycles. The van der Waals surface area contributed by atoms with E-state index in [1.165, 1.54) is 16.9 Å². The maximum absolute atomic E-state index is 12.7. The van der Waals surface area contributed by atoms with Crippen LogP contribution in [0.4, 0.5) is 13.2 Å². The maximum Gasteiger partial charge on any atom is 0.471 e. The second-order valence-electron chi connectivity index (χ2n) is 7.14. The lowest BCUT2D eigenvalue weighted by molar-refractivity contribution is -0.159. The van der Waals surface area contributed by atoms with Gasteiger partial charge in [0.1, 0.15) is 0 Å². The van der Waals surface area contributed by atoms with Crippen molar-refractivity contribution in [2.24, 2.45) is 0 Å². The summed E-state index contributed by atoms with van der Waals surface area (Å²) in [6, 6.07) is 7.75. The average Bonchev–Trinajstić information content (AvgIpc) is 3.30. The second-order valence-corrected chi connectivity index (χ2v) is 8.28. The molecule has 1 aromatic carbocycles. The van der Waals surface area contributed by atoms with E-state index in [-0.39, 0.29) is 11.7 Å². The largest absolute Gasteiger partial charge is 0.471 e. The van der Waals surface area contributed by atoms with Crippen LogP contribution in [0, 0.1) is 13.8 Å². The zero-order chi connectivity index (χ0) is 20.8. The first kappa shape index (κ1) is 19.6. The quantitative estimate of drug-likeness (QED) is 0.622. The van der Waals surface area contributed by atoms with Crippen molar-refractivity contribution in [2.75, 3.05) is 6.54 Å². The monoisotopic (exact) mass is 421 g/mol. The molecular weight excluding hydrogens is 403 g/mol. The third kappa shape index (κ3) is 4.05. The average molecular weight is 421 g/mol. The summed E-state index contributed by atoms with van der Waals surface area (Å²) in [4.78, 5) is 19.5. The van der Waals surface area contributed by atoms with Crippen molar-refractivity contribution in [1.29, 1.82) is 0 Å². The number of amides is 1. The summed E-state index contributed by atoms with van der Waals surface area (Å²) in [5.74, 6) is -1.40. The van der Waals surface area contributed by atoms with Crippen molar-refractivity contribution < 1.29 is 22.5 Å². The highest BCUT2D eigenvalue weighted by Gasteiger charge is 2.38. The molecule has 1 amide bonds. The third-order valence-corrected chi connectivity index (χ3v) is 6.27. The third-order valence-electron chi connectivity index (χ3n) is 5.03. The number of nitrogens with zero attached hydrogens (tertiary/aromatic N) is 3. The van der Waals surface area contributed by atoms with Crippen LogP contribution in [-0.4, -0.2) is 27.5 Å². The first-order chi connectivity index (χ1) is 13.7. The van der Waals surface area contributed by atoms with Gasteiger partial charge in [0.05, 0.1) is 11.3 Å². The SMILES string of the molecule is Cc1ccc(CC(=O)N2CCc3sc(-c4noc(C(F)(F)F)n4)cc3C2)cc1C. The lowest BCUT2D eigenvalue weighted by Gasteiger charge is -2.27. The highest BCUT2D eigenvalue weighted by molar-refractivity contribution is 7.15. The molecule has 0 saturated heterocycles. The van der Waals surface area contributed by atoms with Gasteiger partial charge in [0, 0.05) is 18.0 Å². The normalized spacial score (nSPS) is 14.2. The van der Waals surface area contributed by atoms with Crippen molar-refractivity contribution >= 4 is 17.2 Å². The molecule has 0 aliphatic carbocycles. The Hall–Kier alpha value is -2.68. The van der Waals surface area contributed by atoms with Gasteiger partial charge < -0.3 is 9.42 Å². The topological polar surface area (TPSA) is 59.2 Å². The predicted molar refractivity (Wildman–Crippen MR) is 101 cm³/mol. The Balaban J connectivity index is 1.48. The van der Waals surface area contributed by atoms with Crippen LogP contribution < -0.4 is 0 Å². The van der Waals surface area contributed by atoms with Crippen LogP contribution in [0.5, 0.6) is 0 Å². The van der Waals surface area contributed by atoms with Crippen molar-refractivity contribution in [1.82, 2.24) is 15.0 Å². The minimum absolute atomic E-state index is 0.0329. The standard InChI is InChI=1S/C20H18F3N3O2S/c1-11-3-4-13(7-12(11)2)8-17(27)26-6-5-15-14(10-26)9-16(29-15)18-24-19(28-25-18)20(21,22)23/h3-4,7,9H,5-6,8,10H2,1-2H3. The molecule has 5 nitrogen and oxygen atoms in total. The summed E-state index contributed by atoms with van der Waals surface area (Å²) in [7, 11) is 0. The fourth-order valence-corrected chi connectivity index (χ4v) is 4.38. The summed E-state index contributed by atoms with van der Waals surface area (Å²) in [5, 5.41) is 3.45. The summed E-state index contributed by atoms with van der Waals surface area (Å²) >= 11 is 1.34. The zero-order valence-corrected chi connectivity index (χ0v) is 16.7. The van der Waals surface area contributed by atoms with E-state index in [2.05, 4.69) is 14.7 Å². The molecule has 2 aromatic heterocycles. The predicted octanol–water partition coefficient (Wildman–Crippen LogP) is 4.56. The number of aromatic nitrogens is 2. The number of carbonyl (C=O) groups is 1. The molecule has 0 radical (unpaired) electrons. The highest BCUT2D eigenvalue weighted by atomic mass is 32.1. The Labute approximate surface area is 169 Å². The smallest absolute Gasteiger partial charge is 0.338 e. The molecule has 0 fully saturated rings. The first-order valence-electron chi connectivity index (χ1n) is 9.07. The van der Waals surface area contributed by atoms with Crippen molar-refractivity contribution in [3.8, 4) is 10.7 Å². The van der Waals surface area contributed by atoms with Crippen molar-refractivity contribution in [3.05, 3.63) is 57.3 Å². The highest BCUT2D eigenvalue weighted by Crippen LogP contribution is 2.35. The molecule has 152 valence electrons. The van der Waals surface area contributed by atoms with Crippen LogP contribution in [0.25, 0.3) is 10.7 Å². The number of benzene rings is 1. The maximum atomic E-state index is 12.7. The number of aryl methyl sites for hydroxylation is 2. The summed E-state index contributed by atoms with van der Waals surface area (Å²) < 4.78 is 42.3. The van der Waals surface area contributed by atoms with Gasteiger partial charge in [0.25, 0.3) is 0 Å².